The molecule has 0 aromatic carbocycles. The Morgan fingerprint density at radius 3 is 1.47 bits per heavy atom. The van der Waals surface area contributed by atoms with Gasteiger partial charge in [-0.05, 0) is 25.8 Å². The molecule has 1 rings (SSSR count). The molecule has 1 heterocycles. The predicted octanol–water partition coefficient (Wildman–Crippen LogP) is 7.14. The Hall–Kier alpha value is -0.100. The van der Waals surface area contributed by atoms with Gasteiger partial charge in [0.1, 0.15) is 6.04 Å². The number of carboxylic acid groups (broad SMARTS) is 2. The van der Waals surface area contributed by atoms with Crippen molar-refractivity contribution in [2.75, 3.05) is 6.54 Å². The number of nitrogens with one attached hydrogen (secondary N) is 1. The van der Waals surface area contributed by atoms with Gasteiger partial charge >= 0.3 is 69.7 Å². The maximum atomic E-state index is 10.3. The molecule has 0 bridgehead atoms. The van der Waals surface area contributed by atoms with Crippen LogP contribution in [0.3, 0.4) is 0 Å². The Labute approximate surface area is 216 Å². The number of hydrogen-bond acceptors (Lipinski definition) is 3. The number of rotatable bonds is 18. The van der Waals surface area contributed by atoms with Gasteiger partial charge in [-0.15, -0.1) is 0 Å². The molecule has 0 aliphatic carbocycles. The topological polar surface area (TPSA) is 86.6 Å². The third-order valence-electron chi connectivity index (χ3n) is 5.81. The summed E-state index contributed by atoms with van der Waals surface area (Å²) in [4.78, 5) is 20.4. The van der Waals surface area contributed by atoms with E-state index in [4.69, 9.17) is 10.2 Å². The van der Waals surface area contributed by atoms with Gasteiger partial charge < -0.3 is 15.5 Å². The van der Waals surface area contributed by atoms with Gasteiger partial charge in [-0.2, -0.15) is 0 Å². The minimum atomic E-state index is -0.720. The van der Waals surface area contributed by atoms with Gasteiger partial charge in [0.2, 0.25) is 0 Å². The summed E-state index contributed by atoms with van der Waals surface area (Å²) in [5.41, 5.74) is 0. The number of carboxylic acids is 2. The van der Waals surface area contributed by atoms with Gasteiger partial charge in [-0.3, -0.25) is 9.59 Å². The number of aliphatic carboxylic acids is 2. The number of hydrogen-bond donors (Lipinski definition) is 3. The molecule has 5 nitrogen and oxygen atoms in total. The van der Waals surface area contributed by atoms with Crippen molar-refractivity contribution in [1.29, 1.82) is 0 Å². The van der Waals surface area contributed by atoms with E-state index in [1.54, 1.807) is 0 Å². The summed E-state index contributed by atoms with van der Waals surface area (Å²) in [6.07, 6.45) is 23.4. The molecule has 1 aliphatic heterocycles. The van der Waals surface area contributed by atoms with Gasteiger partial charge in [0.05, 0.1) is 0 Å². The first-order chi connectivity index (χ1) is 15.5. The fraction of sp³-hybridized carbons (Fsp3) is 0.923. The number of carbonyl (C=O) groups is 2. The monoisotopic (exact) mass is 465 g/mol. The van der Waals surface area contributed by atoms with E-state index in [-0.39, 0.29) is 6.04 Å². The molecule has 1 fully saturated rings. The van der Waals surface area contributed by atoms with Gasteiger partial charge in [0.15, 0.2) is 0 Å². The third-order valence-corrected chi connectivity index (χ3v) is 6.52. The summed E-state index contributed by atoms with van der Waals surface area (Å²) in [5.74, 6) is -1.37. The maximum absolute atomic E-state index is 10.3. The minimum absolute atomic E-state index is 0.269. The normalized spacial score (nSPS) is 14.8. The van der Waals surface area contributed by atoms with Crippen molar-refractivity contribution in [3.63, 3.8) is 0 Å². The summed E-state index contributed by atoms with van der Waals surface area (Å²) in [6.45, 7) is 5.37. The van der Waals surface area contributed by atoms with Crippen LogP contribution in [0.4, 0.5) is 0 Å². The quantitative estimate of drug-likeness (QED) is 0.148. The molecular weight excluding hydrogens is 413 g/mol. The molecular formula is C26H52NNaO4. The molecule has 3 N–H and O–H groups in total. The first-order valence-corrected chi connectivity index (χ1v) is 15.1. The van der Waals surface area contributed by atoms with Crippen LogP contribution in [0.2, 0.25) is 3.67 Å². The summed E-state index contributed by atoms with van der Waals surface area (Å²) >= 11 is 1.40. The van der Waals surface area contributed by atoms with Crippen molar-refractivity contribution in [3.8, 4) is 0 Å². The molecule has 0 aromatic heterocycles. The zero-order valence-electron chi connectivity index (χ0n) is 21.6. The third kappa shape index (κ3) is 29.9. The Kier molecular flexibility index (Phi) is 30.8. The molecule has 1 atom stereocenters. The largest absolute Gasteiger partial charge is 0.480 e. The van der Waals surface area contributed by atoms with Crippen molar-refractivity contribution in [1.82, 2.24) is 5.32 Å². The SMILES string of the molecule is CCCCCCCCCCCCCCCC(=O)O.CCCC[CH2][Na].O=C(O)[C@@H]1CCCN1. The summed E-state index contributed by atoms with van der Waals surface area (Å²) in [7, 11) is 0. The van der Waals surface area contributed by atoms with E-state index in [0.717, 1.165) is 32.2 Å². The second kappa shape index (κ2) is 28.9. The summed E-state index contributed by atoms with van der Waals surface area (Å²) in [6, 6.07) is -0.269. The van der Waals surface area contributed by atoms with Gasteiger partial charge in [-0.1, -0.05) is 84.0 Å². The molecule has 0 unspecified atom stereocenters. The van der Waals surface area contributed by atoms with E-state index < -0.39 is 11.9 Å². The van der Waals surface area contributed by atoms with E-state index in [1.165, 1.54) is 121 Å². The first kappa shape index (κ1) is 34.1. The van der Waals surface area contributed by atoms with Crippen molar-refractivity contribution in [2.24, 2.45) is 0 Å². The van der Waals surface area contributed by atoms with Gasteiger partial charge in [0.25, 0.3) is 0 Å². The zero-order valence-corrected chi connectivity index (χ0v) is 23.6. The molecule has 6 heteroatoms. The Morgan fingerprint density at radius 1 is 0.750 bits per heavy atom. The summed E-state index contributed by atoms with van der Waals surface area (Å²) in [5, 5.41) is 19.7. The molecule has 0 aromatic rings. The Morgan fingerprint density at radius 2 is 1.19 bits per heavy atom. The van der Waals surface area contributed by atoms with Crippen LogP contribution in [0.5, 0.6) is 0 Å². The van der Waals surface area contributed by atoms with Gasteiger partial charge in [-0.25, -0.2) is 0 Å². The van der Waals surface area contributed by atoms with E-state index >= 15 is 0 Å². The molecule has 0 saturated carbocycles. The first-order valence-electron chi connectivity index (χ1n) is 13.7. The average Bonchev–Trinajstić information content (AvgIpc) is 3.32. The second-order valence-corrected chi connectivity index (χ2v) is 10.1. The van der Waals surface area contributed by atoms with Crippen LogP contribution < -0.4 is 5.32 Å². The van der Waals surface area contributed by atoms with Crippen LogP contribution in [0.25, 0.3) is 0 Å². The Balaban J connectivity index is 0. The van der Waals surface area contributed by atoms with E-state index in [2.05, 4.69) is 19.2 Å². The number of unbranched alkanes of at least 4 members (excludes halogenated alkanes) is 14. The van der Waals surface area contributed by atoms with Crippen LogP contribution in [0.15, 0.2) is 0 Å². The van der Waals surface area contributed by atoms with Crippen molar-refractivity contribution >= 4 is 39.9 Å². The molecule has 186 valence electrons. The molecule has 0 radical (unpaired) electrons. The Bertz CT molecular complexity index is 397. The van der Waals surface area contributed by atoms with Crippen molar-refractivity contribution in [2.45, 2.75) is 146 Å². The van der Waals surface area contributed by atoms with Crippen LogP contribution in [-0.4, -0.2) is 62.7 Å². The maximum Gasteiger partial charge on any atom is 0.320 e. The van der Waals surface area contributed by atoms with Crippen molar-refractivity contribution in [3.05, 3.63) is 0 Å². The van der Waals surface area contributed by atoms with Crippen LogP contribution in [0.1, 0.15) is 136 Å². The van der Waals surface area contributed by atoms with E-state index in [9.17, 15) is 9.59 Å². The predicted molar refractivity (Wildman–Crippen MR) is 137 cm³/mol. The van der Waals surface area contributed by atoms with E-state index in [0.29, 0.717) is 6.42 Å². The molecule has 0 amide bonds. The van der Waals surface area contributed by atoms with E-state index in [1.807, 2.05) is 0 Å². The fourth-order valence-corrected chi connectivity index (χ4v) is 4.19. The molecule has 1 saturated heterocycles. The summed E-state index contributed by atoms with van der Waals surface area (Å²) < 4.78 is 1.49. The second-order valence-electron chi connectivity index (χ2n) is 9.08. The molecule has 1 aliphatic rings. The van der Waals surface area contributed by atoms with Crippen molar-refractivity contribution < 1.29 is 19.8 Å². The average molecular weight is 466 g/mol. The van der Waals surface area contributed by atoms with Crippen LogP contribution >= 0.6 is 0 Å². The molecule has 0 spiro atoms. The fourth-order valence-electron chi connectivity index (χ4n) is 3.69. The minimum Gasteiger partial charge on any atom is -0.480 e. The standard InChI is InChI=1S/C16H32O2.C5H9NO2.C5H11.Na/c1-2-3-4-5-6-7-8-9-10-11-12-13-14-15-16(17)18;7-5(8)4-2-1-3-6-4;1-3-5-4-2;/h2-15H2,1H3,(H,17,18);4,6H,1-3H2,(H,7,8);1,3-5H2,2H3;/t;4-;;/m.0../s1. The van der Waals surface area contributed by atoms with Gasteiger partial charge in [0, 0.05) is 6.42 Å². The van der Waals surface area contributed by atoms with Crippen LogP contribution in [-0.2, 0) is 9.59 Å². The zero-order chi connectivity index (χ0) is 24.3. The smallest absolute Gasteiger partial charge is 0.320 e. The van der Waals surface area contributed by atoms with Crippen LogP contribution in [0, 0.1) is 0 Å². The molecule has 32 heavy (non-hydrogen) atoms.